The molecule has 2 fully saturated rings. The zero-order valence-corrected chi connectivity index (χ0v) is 10.6. The number of aromatic nitrogens is 2. The number of methoxy groups -OCH3 is 1. The molecule has 0 amide bonds. The predicted octanol–water partition coefficient (Wildman–Crippen LogP) is -0.210. The summed E-state index contributed by atoms with van der Waals surface area (Å²) in [6.45, 7) is 0.762. The first-order valence-corrected chi connectivity index (χ1v) is 6.26. The number of carbonyl (C=O) groups excluding carboxylic acids is 1. The molecule has 0 aromatic carbocycles. The second-order valence-electron chi connectivity index (χ2n) is 4.79. The van der Waals surface area contributed by atoms with Gasteiger partial charge in [0.2, 0.25) is 5.82 Å². The SMILES string of the molecule is COC(=O)c1nccc(NC2C(N)C3CCOC32)n1. The van der Waals surface area contributed by atoms with Gasteiger partial charge in [-0.2, -0.15) is 0 Å². The molecule has 2 heterocycles. The zero-order valence-electron chi connectivity index (χ0n) is 10.6. The Morgan fingerprint density at radius 1 is 1.63 bits per heavy atom. The molecule has 102 valence electrons. The molecule has 19 heavy (non-hydrogen) atoms. The van der Waals surface area contributed by atoms with Gasteiger partial charge in [0.05, 0.1) is 19.3 Å². The van der Waals surface area contributed by atoms with Crippen molar-refractivity contribution in [2.24, 2.45) is 11.7 Å². The summed E-state index contributed by atoms with van der Waals surface area (Å²) in [4.78, 5) is 19.3. The summed E-state index contributed by atoms with van der Waals surface area (Å²) in [6.07, 6.45) is 2.67. The molecule has 2 aliphatic rings. The maximum Gasteiger partial charge on any atom is 0.376 e. The van der Waals surface area contributed by atoms with Crippen LogP contribution in [0.15, 0.2) is 12.3 Å². The summed E-state index contributed by atoms with van der Waals surface area (Å²) < 4.78 is 10.2. The lowest BCUT2D eigenvalue weighted by atomic mass is 9.72. The van der Waals surface area contributed by atoms with Gasteiger partial charge in [0.25, 0.3) is 0 Å². The van der Waals surface area contributed by atoms with Crippen molar-refractivity contribution in [1.82, 2.24) is 9.97 Å². The lowest BCUT2D eigenvalue weighted by molar-refractivity contribution is 0.00523. The van der Waals surface area contributed by atoms with Gasteiger partial charge < -0.3 is 20.5 Å². The number of rotatable bonds is 3. The van der Waals surface area contributed by atoms with Gasteiger partial charge in [-0.3, -0.25) is 0 Å². The molecule has 3 N–H and O–H groups in total. The molecule has 1 aromatic rings. The van der Waals surface area contributed by atoms with Crippen molar-refractivity contribution in [1.29, 1.82) is 0 Å². The zero-order chi connectivity index (χ0) is 13.4. The van der Waals surface area contributed by atoms with Crippen LogP contribution in [0.25, 0.3) is 0 Å². The van der Waals surface area contributed by atoms with Crippen molar-refractivity contribution in [3.05, 3.63) is 18.1 Å². The van der Waals surface area contributed by atoms with Crippen LogP contribution in [0.2, 0.25) is 0 Å². The number of hydrogen-bond donors (Lipinski definition) is 2. The summed E-state index contributed by atoms with van der Waals surface area (Å²) >= 11 is 0. The van der Waals surface area contributed by atoms with Gasteiger partial charge in [-0.25, -0.2) is 14.8 Å². The van der Waals surface area contributed by atoms with E-state index in [-0.39, 0.29) is 24.0 Å². The number of nitrogens with two attached hydrogens (primary N) is 1. The van der Waals surface area contributed by atoms with Crippen molar-refractivity contribution < 1.29 is 14.3 Å². The number of carbonyl (C=O) groups is 1. The fourth-order valence-corrected chi connectivity index (χ4v) is 2.73. The second kappa shape index (κ2) is 4.75. The minimum absolute atomic E-state index is 0.0317. The Kier molecular flexibility index (Phi) is 3.08. The normalized spacial score (nSPS) is 32.3. The molecule has 1 saturated carbocycles. The van der Waals surface area contributed by atoms with Gasteiger partial charge in [-0.05, 0) is 12.5 Å². The van der Waals surface area contributed by atoms with Gasteiger partial charge in [0.15, 0.2) is 0 Å². The Labute approximate surface area is 110 Å². The molecule has 3 rings (SSSR count). The highest BCUT2D eigenvalue weighted by molar-refractivity contribution is 5.85. The van der Waals surface area contributed by atoms with Crippen LogP contribution in [-0.2, 0) is 9.47 Å². The maximum atomic E-state index is 11.4. The van der Waals surface area contributed by atoms with Crippen molar-refractivity contribution >= 4 is 11.8 Å². The Morgan fingerprint density at radius 2 is 2.47 bits per heavy atom. The third-order valence-corrected chi connectivity index (χ3v) is 3.78. The average Bonchev–Trinajstić information content (AvgIpc) is 2.89. The standard InChI is InChI=1S/C12H16N4O3/c1-18-12(17)11-14-4-2-7(16-11)15-9-8(13)6-3-5-19-10(6)9/h2,4,6,8-10H,3,5,13H2,1H3,(H,14,15,16). The van der Waals surface area contributed by atoms with Crippen molar-refractivity contribution in [2.45, 2.75) is 24.6 Å². The topological polar surface area (TPSA) is 99.4 Å². The van der Waals surface area contributed by atoms with Gasteiger partial charge in [-0.1, -0.05) is 0 Å². The van der Waals surface area contributed by atoms with Crippen molar-refractivity contribution in [3.63, 3.8) is 0 Å². The Morgan fingerprint density at radius 3 is 3.26 bits per heavy atom. The number of anilines is 1. The summed E-state index contributed by atoms with van der Waals surface area (Å²) in [5, 5.41) is 3.21. The molecule has 7 heteroatoms. The molecule has 4 atom stereocenters. The molecular formula is C12H16N4O3. The van der Waals surface area contributed by atoms with E-state index in [4.69, 9.17) is 10.5 Å². The van der Waals surface area contributed by atoms with E-state index in [1.165, 1.54) is 13.3 Å². The largest absolute Gasteiger partial charge is 0.463 e. The Bertz CT molecular complexity index is 496. The third-order valence-electron chi connectivity index (χ3n) is 3.78. The predicted molar refractivity (Wildman–Crippen MR) is 66.6 cm³/mol. The van der Waals surface area contributed by atoms with Gasteiger partial charge in [0.1, 0.15) is 5.82 Å². The number of ether oxygens (including phenoxy) is 2. The monoisotopic (exact) mass is 264 g/mol. The van der Waals surface area contributed by atoms with Crippen molar-refractivity contribution in [3.8, 4) is 0 Å². The van der Waals surface area contributed by atoms with Crippen LogP contribution in [0.4, 0.5) is 5.82 Å². The van der Waals surface area contributed by atoms with E-state index >= 15 is 0 Å². The van der Waals surface area contributed by atoms with E-state index in [1.54, 1.807) is 6.07 Å². The van der Waals surface area contributed by atoms with E-state index in [2.05, 4.69) is 20.0 Å². The van der Waals surface area contributed by atoms with Gasteiger partial charge >= 0.3 is 5.97 Å². The first-order valence-electron chi connectivity index (χ1n) is 6.26. The summed E-state index contributed by atoms with van der Waals surface area (Å²) in [5.74, 6) is 0.463. The highest BCUT2D eigenvalue weighted by Crippen LogP contribution is 2.39. The van der Waals surface area contributed by atoms with E-state index in [9.17, 15) is 4.79 Å². The molecule has 1 aromatic heterocycles. The Balaban J connectivity index is 1.72. The van der Waals surface area contributed by atoms with Crippen LogP contribution >= 0.6 is 0 Å². The first-order chi connectivity index (χ1) is 9.20. The van der Waals surface area contributed by atoms with Crippen molar-refractivity contribution in [2.75, 3.05) is 19.0 Å². The number of esters is 1. The molecule has 1 aliphatic heterocycles. The highest BCUT2D eigenvalue weighted by Gasteiger charge is 2.52. The third kappa shape index (κ3) is 2.04. The fraction of sp³-hybridized carbons (Fsp3) is 0.583. The quantitative estimate of drug-likeness (QED) is 0.729. The molecule has 0 radical (unpaired) electrons. The maximum absolute atomic E-state index is 11.4. The molecule has 0 bridgehead atoms. The van der Waals surface area contributed by atoms with Crippen LogP contribution in [-0.4, -0.2) is 47.8 Å². The van der Waals surface area contributed by atoms with Gasteiger partial charge in [-0.15, -0.1) is 0 Å². The van der Waals surface area contributed by atoms with Crippen LogP contribution in [0, 0.1) is 5.92 Å². The minimum Gasteiger partial charge on any atom is -0.463 e. The minimum atomic E-state index is -0.559. The summed E-state index contributed by atoms with van der Waals surface area (Å²) in [6, 6.07) is 1.79. The molecular weight excluding hydrogens is 248 g/mol. The fourth-order valence-electron chi connectivity index (χ4n) is 2.73. The smallest absolute Gasteiger partial charge is 0.376 e. The van der Waals surface area contributed by atoms with Crippen LogP contribution < -0.4 is 11.1 Å². The average molecular weight is 264 g/mol. The first kappa shape index (κ1) is 12.3. The molecule has 7 nitrogen and oxygen atoms in total. The molecule has 1 aliphatic carbocycles. The van der Waals surface area contributed by atoms with E-state index in [1.807, 2.05) is 0 Å². The van der Waals surface area contributed by atoms with Crippen LogP contribution in [0.1, 0.15) is 17.0 Å². The number of nitrogens with zero attached hydrogens (tertiary/aromatic N) is 2. The molecule has 1 saturated heterocycles. The lowest BCUT2D eigenvalue weighted by Crippen LogP contribution is -2.65. The van der Waals surface area contributed by atoms with Gasteiger partial charge in [0, 0.05) is 24.8 Å². The second-order valence-corrected chi connectivity index (χ2v) is 4.79. The number of nitrogens with one attached hydrogen (secondary N) is 1. The van der Waals surface area contributed by atoms with E-state index < -0.39 is 5.97 Å². The molecule has 4 unspecified atom stereocenters. The molecule has 0 spiro atoms. The van der Waals surface area contributed by atoms with E-state index in [0.29, 0.717) is 11.7 Å². The van der Waals surface area contributed by atoms with E-state index in [0.717, 1.165) is 13.0 Å². The highest BCUT2D eigenvalue weighted by atomic mass is 16.5. The summed E-state index contributed by atoms with van der Waals surface area (Å²) in [7, 11) is 1.30. The number of fused-ring (bicyclic) bond motifs is 1. The van der Waals surface area contributed by atoms with Crippen LogP contribution in [0.5, 0.6) is 0 Å². The van der Waals surface area contributed by atoms with Crippen LogP contribution in [0.3, 0.4) is 0 Å². The number of hydrogen-bond acceptors (Lipinski definition) is 7. The summed E-state index contributed by atoms with van der Waals surface area (Å²) in [5.41, 5.74) is 6.10. The Hall–Kier alpha value is -1.73. The lowest BCUT2D eigenvalue weighted by Gasteiger charge is -2.45.